The summed E-state index contributed by atoms with van der Waals surface area (Å²) in [4.78, 5) is 15.4. The first-order valence-electron chi connectivity index (χ1n) is 8.90. The van der Waals surface area contributed by atoms with Gasteiger partial charge in [0.25, 0.3) is 0 Å². The molecule has 1 aromatic carbocycles. The standard InChI is InChI=1S/C19H32N4O/c1-5-7-9-16(6-2)13-21-19(20-4)22-14-17-10-8-11-18(12-17)23-15(3)24/h8,10-12,16H,5-7,9,13-14H2,1-4H3,(H,23,24)(H2,20,21,22). The number of hydrogen-bond donors (Lipinski definition) is 3. The van der Waals surface area contributed by atoms with Gasteiger partial charge in [-0.25, -0.2) is 0 Å². The summed E-state index contributed by atoms with van der Waals surface area (Å²) in [5.74, 6) is 1.44. The van der Waals surface area contributed by atoms with Crippen molar-refractivity contribution in [3.8, 4) is 0 Å². The van der Waals surface area contributed by atoms with E-state index in [9.17, 15) is 4.79 Å². The third-order valence-corrected chi connectivity index (χ3v) is 4.03. The molecule has 3 N–H and O–H groups in total. The number of benzene rings is 1. The van der Waals surface area contributed by atoms with Gasteiger partial charge in [0.1, 0.15) is 0 Å². The van der Waals surface area contributed by atoms with E-state index in [2.05, 4.69) is 34.8 Å². The lowest BCUT2D eigenvalue weighted by Crippen LogP contribution is -2.39. The first kappa shape index (κ1) is 20.0. The van der Waals surface area contributed by atoms with E-state index in [-0.39, 0.29) is 5.91 Å². The van der Waals surface area contributed by atoms with Crippen molar-refractivity contribution in [3.05, 3.63) is 29.8 Å². The van der Waals surface area contributed by atoms with Crippen molar-refractivity contribution >= 4 is 17.6 Å². The molecule has 24 heavy (non-hydrogen) atoms. The molecule has 0 spiro atoms. The van der Waals surface area contributed by atoms with Crippen LogP contribution in [-0.4, -0.2) is 25.5 Å². The minimum absolute atomic E-state index is 0.0599. The summed E-state index contributed by atoms with van der Waals surface area (Å²) in [5, 5.41) is 9.55. The Morgan fingerprint density at radius 1 is 1.25 bits per heavy atom. The van der Waals surface area contributed by atoms with Crippen LogP contribution in [0, 0.1) is 5.92 Å². The van der Waals surface area contributed by atoms with E-state index in [1.165, 1.54) is 32.6 Å². The third-order valence-electron chi connectivity index (χ3n) is 4.03. The fourth-order valence-corrected chi connectivity index (χ4v) is 2.55. The van der Waals surface area contributed by atoms with E-state index in [4.69, 9.17) is 0 Å². The minimum atomic E-state index is -0.0599. The van der Waals surface area contributed by atoms with Gasteiger partial charge in [0.15, 0.2) is 5.96 Å². The largest absolute Gasteiger partial charge is 0.356 e. The molecule has 134 valence electrons. The summed E-state index contributed by atoms with van der Waals surface area (Å²) < 4.78 is 0. The second kappa shape index (κ2) is 11.5. The van der Waals surface area contributed by atoms with Crippen molar-refractivity contribution in [3.63, 3.8) is 0 Å². The molecule has 0 aliphatic carbocycles. The Bertz CT molecular complexity index is 528. The lowest BCUT2D eigenvalue weighted by molar-refractivity contribution is -0.114. The number of anilines is 1. The number of rotatable bonds is 9. The Labute approximate surface area is 146 Å². The van der Waals surface area contributed by atoms with Gasteiger partial charge in [0.05, 0.1) is 0 Å². The van der Waals surface area contributed by atoms with Crippen LogP contribution in [0.2, 0.25) is 0 Å². The van der Waals surface area contributed by atoms with Gasteiger partial charge in [-0.05, 0) is 30.0 Å². The van der Waals surface area contributed by atoms with Crippen LogP contribution in [0.5, 0.6) is 0 Å². The summed E-state index contributed by atoms with van der Waals surface area (Å²) >= 11 is 0. The SMILES string of the molecule is CCCCC(CC)CNC(=NC)NCc1cccc(NC(C)=O)c1. The van der Waals surface area contributed by atoms with Crippen molar-refractivity contribution in [2.45, 2.75) is 53.0 Å². The molecule has 0 fully saturated rings. The minimum Gasteiger partial charge on any atom is -0.356 e. The second-order valence-corrected chi connectivity index (χ2v) is 6.10. The summed E-state index contributed by atoms with van der Waals surface area (Å²) in [6, 6.07) is 7.83. The zero-order valence-electron chi connectivity index (χ0n) is 15.5. The molecule has 1 aromatic rings. The maximum atomic E-state index is 11.1. The molecule has 0 heterocycles. The number of aliphatic imine (C=N–C) groups is 1. The Balaban J connectivity index is 2.47. The van der Waals surface area contributed by atoms with E-state index in [1.807, 2.05) is 24.3 Å². The monoisotopic (exact) mass is 332 g/mol. The molecule has 1 atom stereocenters. The van der Waals surface area contributed by atoms with Gasteiger partial charge in [-0.1, -0.05) is 45.2 Å². The number of carbonyl (C=O) groups is 1. The van der Waals surface area contributed by atoms with Crippen molar-refractivity contribution in [2.75, 3.05) is 18.9 Å². The predicted molar refractivity (Wildman–Crippen MR) is 102 cm³/mol. The van der Waals surface area contributed by atoms with Crippen molar-refractivity contribution in [1.29, 1.82) is 0 Å². The van der Waals surface area contributed by atoms with Gasteiger partial charge in [0.2, 0.25) is 5.91 Å². The average Bonchev–Trinajstić information content (AvgIpc) is 2.57. The molecular formula is C19H32N4O. The molecule has 1 rings (SSSR count). The smallest absolute Gasteiger partial charge is 0.221 e. The highest BCUT2D eigenvalue weighted by Crippen LogP contribution is 2.12. The van der Waals surface area contributed by atoms with Crippen molar-refractivity contribution in [2.24, 2.45) is 10.9 Å². The number of carbonyl (C=O) groups excluding carboxylic acids is 1. The van der Waals surface area contributed by atoms with Gasteiger partial charge >= 0.3 is 0 Å². The van der Waals surface area contributed by atoms with Gasteiger partial charge in [-0.15, -0.1) is 0 Å². The number of nitrogens with zero attached hydrogens (tertiary/aromatic N) is 1. The van der Waals surface area contributed by atoms with Crippen LogP contribution >= 0.6 is 0 Å². The first-order chi connectivity index (χ1) is 11.6. The van der Waals surface area contributed by atoms with Crippen molar-refractivity contribution < 1.29 is 4.79 Å². The van der Waals surface area contributed by atoms with E-state index < -0.39 is 0 Å². The fourth-order valence-electron chi connectivity index (χ4n) is 2.55. The quantitative estimate of drug-likeness (QED) is 0.479. The molecule has 0 aromatic heterocycles. The van der Waals surface area contributed by atoms with E-state index in [0.717, 1.165) is 23.8 Å². The van der Waals surface area contributed by atoms with Gasteiger partial charge in [-0.3, -0.25) is 9.79 Å². The summed E-state index contributed by atoms with van der Waals surface area (Å²) in [7, 11) is 1.79. The van der Waals surface area contributed by atoms with E-state index >= 15 is 0 Å². The Hall–Kier alpha value is -2.04. The average molecular weight is 332 g/mol. The summed E-state index contributed by atoms with van der Waals surface area (Å²) in [6.45, 7) is 7.60. The number of amides is 1. The normalized spacial score (nSPS) is 12.6. The zero-order valence-corrected chi connectivity index (χ0v) is 15.5. The third kappa shape index (κ3) is 7.99. The topological polar surface area (TPSA) is 65.5 Å². The van der Waals surface area contributed by atoms with Crippen LogP contribution in [0.15, 0.2) is 29.3 Å². The lowest BCUT2D eigenvalue weighted by Gasteiger charge is -2.18. The predicted octanol–water partition coefficient (Wildman–Crippen LogP) is 3.53. The van der Waals surface area contributed by atoms with Crippen LogP contribution in [-0.2, 0) is 11.3 Å². The second-order valence-electron chi connectivity index (χ2n) is 6.10. The van der Waals surface area contributed by atoms with Crippen LogP contribution in [0.1, 0.15) is 52.0 Å². The Kier molecular flexibility index (Phi) is 9.58. The fraction of sp³-hybridized carbons (Fsp3) is 0.579. The molecule has 1 amide bonds. The highest BCUT2D eigenvalue weighted by molar-refractivity contribution is 5.88. The first-order valence-corrected chi connectivity index (χ1v) is 8.90. The molecule has 5 heteroatoms. The van der Waals surface area contributed by atoms with E-state index in [1.54, 1.807) is 7.05 Å². The van der Waals surface area contributed by atoms with E-state index in [0.29, 0.717) is 12.5 Å². The van der Waals surface area contributed by atoms with Gasteiger partial charge in [-0.2, -0.15) is 0 Å². The number of hydrogen-bond acceptors (Lipinski definition) is 2. The molecule has 0 bridgehead atoms. The maximum absolute atomic E-state index is 11.1. The van der Waals surface area contributed by atoms with Crippen LogP contribution < -0.4 is 16.0 Å². The number of unbranched alkanes of at least 4 members (excludes halogenated alkanes) is 1. The molecule has 1 unspecified atom stereocenters. The zero-order chi connectivity index (χ0) is 17.8. The van der Waals surface area contributed by atoms with Crippen LogP contribution in [0.25, 0.3) is 0 Å². The molecule has 0 saturated heterocycles. The molecule has 0 aliphatic heterocycles. The van der Waals surface area contributed by atoms with Crippen LogP contribution in [0.4, 0.5) is 5.69 Å². The lowest BCUT2D eigenvalue weighted by atomic mass is 9.99. The highest BCUT2D eigenvalue weighted by Gasteiger charge is 2.07. The van der Waals surface area contributed by atoms with Crippen molar-refractivity contribution in [1.82, 2.24) is 10.6 Å². The highest BCUT2D eigenvalue weighted by atomic mass is 16.1. The summed E-state index contributed by atoms with van der Waals surface area (Å²) in [5.41, 5.74) is 1.91. The summed E-state index contributed by atoms with van der Waals surface area (Å²) in [6.07, 6.45) is 4.97. The van der Waals surface area contributed by atoms with Gasteiger partial charge < -0.3 is 16.0 Å². The molecule has 0 aliphatic rings. The van der Waals surface area contributed by atoms with Gasteiger partial charge in [0, 0.05) is 32.7 Å². The Morgan fingerprint density at radius 3 is 2.67 bits per heavy atom. The molecule has 5 nitrogen and oxygen atoms in total. The Morgan fingerprint density at radius 2 is 2.04 bits per heavy atom. The maximum Gasteiger partial charge on any atom is 0.221 e. The molecule has 0 radical (unpaired) electrons. The van der Waals surface area contributed by atoms with Crippen LogP contribution in [0.3, 0.4) is 0 Å². The molecule has 0 saturated carbocycles. The number of nitrogens with one attached hydrogen (secondary N) is 3. The molecular weight excluding hydrogens is 300 g/mol. The number of guanidine groups is 1.